The van der Waals surface area contributed by atoms with Gasteiger partial charge in [-0.2, -0.15) is 0 Å². The summed E-state index contributed by atoms with van der Waals surface area (Å²) in [4.78, 5) is 15.0. The van der Waals surface area contributed by atoms with Gasteiger partial charge in [-0.1, -0.05) is 44.5 Å². The van der Waals surface area contributed by atoms with E-state index in [1.165, 1.54) is 11.8 Å². The lowest BCUT2D eigenvalue weighted by Crippen LogP contribution is -2.10. The highest BCUT2D eigenvalue weighted by Crippen LogP contribution is 2.26. The zero-order valence-corrected chi connectivity index (χ0v) is 12.9. The van der Waals surface area contributed by atoms with Gasteiger partial charge in [0.05, 0.1) is 10.7 Å². The molecule has 4 nitrogen and oxygen atoms in total. The molecule has 0 bridgehead atoms. The van der Waals surface area contributed by atoms with E-state index in [0.29, 0.717) is 10.7 Å². The van der Waals surface area contributed by atoms with E-state index in [1.807, 2.05) is 24.3 Å². The van der Waals surface area contributed by atoms with E-state index in [0.717, 1.165) is 5.69 Å². The number of carboxylic acid groups (broad SMARTS) is 1. The Balaban J connectivity index is 2.30. The number of hydrogen-bond donors (Lipinski definition) is 2. The van der Waals surface area contributed by atoms with Crippen LogP contribution in [0.1, 0.15) is 36.8 Å². The first-order valence-electron chi connectivity index (χ1n) is 6.54. The number of carboxylic acids is 1. The van der Waals surface area contributed by atoms with Crippen LogP contribution in [0.4, 0.5) is 11.4 Å². The highest BCUT2D eigenvalue weighted by Gasteiger charge is 2.15. The van der Waals surface area contributed by atoms with Gasteiger partial charge in [-0.05, 0) is 29.2 Å². The van der Waals surface area contributed by atoms with E-state index < -0.39 is 5.97 Å². The Kier molecular flexibility index (Phi) is 4.19. The first kappa shape index (κ1) is 15.3. The van der Waals surface area contributed by atoms with Gasteiger partial charge in [0.2, 0.25) is 0 Å². The van der Waals surface area contributed by atoms with Crippen LogP contribution >= 0.6 is 11.6 Å². The van der Waals surface area contributed by atoms with Crippen molar-refractivity contribution in [3.05, 3.63) is 52.8 Å². The summed E-state index contributed by atoms with van der Waals surface area (Å²) in [5.74, 6) is -1.10. The quantitative estimate of drug-likeness (QED) is 0.878. The number of anilines is 2. The van der Waals surface area contributed by atoms with Crippen molar-refractivity contribution in [3.63, 3.8) is 0 Å². The number of rotatable bonds is 3. The third-order valence-electron chi connectivity index (χ3n) is 3.09. The summed E-state index contributed by atoms with van der Waals surface area (Å²) >= 11 is 5.88. The van der Waals surface area contributed by atoms with Gasteiger partial charge in [0.15, 0.2) is 5.69 Å². The molecule has 110 valence electrons. The average molecular weight is 305 g/mol. The van der Waals surface area contributed by atoms with Crippen LogP contribution < -0.4 is 5.32 Å². The third-order valence-corrected chi connectivity index (χ3v) is 3.29. The lowest BCUT2D eigenvalue weighted by Gasteiger charge is -2.19. The van der Waals surface area contributed by atoms with E-state index in [4.69, 9.17) is 16.7 Å². The van der Waals surface area contributed by atoms with Crippen molar-refractivity contribution in [3.8, 4) is 0 Å². The van der Waals surface area contributed by atoms with E-state index in [2.05, 4.69) is 31.1 Å². The Morgan fingerprint density at radius 3 is 2.38 bits per heavy atom. The Labute approximate surface area is 128 Å². The third kappa shape index (κ3) is 3.73. The molecule has 0 aliphatic heterocycles. The van der Waals surface area contributed by atoms with Crippen LogP contribution in [0.5, 0.6) is 0 Å². The van der Waals surface area contributed by atoms with Crippen molar-refractivity contribution in [1.29, 1.82) is 0 Å². The number of halogens is 1. The van der Waals surface area contributed by atoms with Gasteiger partial charge in [0.25, 0.3) is 0 Å². The number of pyridine rings is 1. The molecule has 1 aromatic carbocycles. The van der Waals surface area contributed by atoms with Crippen molar-refractivity contribution in [2.75, 3.05) is 5.32 Å². The maximum atomic E-state index is 11.2. The fraction of sp³-hybridized carbons (Fsp3) is 0.250. The number of aromatic carboxylic acids is 1. The number of benzene rings is 1. The molecule has 0 unspecified atom stereocenters. The summed E-state index contributed by atoms with van der Waals surface area (Å²) < 4.78 is 0. The van der Waals surface area contributed by atoms with Crippen molar-refractivity contribution in [2.24, 2.45) is 0 Å². The number of aromatic nitrogens is 1. The van der Waals surface area contributed by atoms with Gasteiger partial charge < -0.3 is 10.4 Å². The fourth-order valence-corrected chi connectivity index (χ4v) is 2.07. The van der Waals surface area contributed by atoms with Crippen molar-refractivity contribution in [1.82, 2.24) is 4.98 Å². The molecule has 0 spiro atoms. The topological polar surface area (TPSA) is 62.2 Å². The van der Waals surface area contributed by atoms with Crippen molar-refractivity contribution in [2.45, 2.75) is 26.2 Å². The highest BCUT2D eigenvalue weighted by atomic mass is 35.5. The zero-order valence-electron chi connectivity index (χ0n) is 12.1. The van der Waals surface area contributed by atoms with Gasteiger partial charge >= 0.3 is 5.97 Å². The van der Waals surface area contributed by atoms with E-state index in [1.54, 1.807) is 6.07 Å². The number of nitrogens with zero attached hydrogens (tertiary/aromatic N) is 1. The smallest absolute Gasteiger partial charge is 0.356 e. The average Bonchev–Trinajstić information content (AvgIpc) is 2.38. The molecule has 5 heteroatoms. The molecule has 0 fully saturated rings. The molecule has 2 aromatic rings. The van der Waals surface area contributed by atoms with Crippen molar-refractivity contribution < 1.29 is 9.90 Å². The molecule has 0 atom stereocenters. The lowest BCUT2D eigenvalue weighted by molar-refractivity contribution is 0.0691. The van der Waals surface area contributed by atoms with Crippen LogP contribution in [-0.4, -0.2) is 16.1 Å². The van der Waals surface area contributed by atoms with Crippen LogP contribution in [0.2, 0.25) is 5.02 Å². The number of nitrogens with one attached hydrogen (secondary N) is 1. The second kappa shape index (κ2) is 5.74. The SMILES string of the molecule is CC(C)(C)c1ccc(Nc2cc(Cl)cnc2C(=O)O)cc1. The molecule has 0 saturated heterocycles. The molecule has 0 aliphatic carbocycles. The monoisotopic (exact) mass is 304 g/mol. The first-order chi connectivity index (χ1) is 9.77. The van der Waals surface area contributed by atoms with Gasteiger partial charge in [-0.15, -0.1) is 0 Å². The minimum atomic E-state index is -1.10. The molecule has 21 heavy (non-hydrogen) atoms. The summed E-state index contributed by atoms with van der Waals surface area (Å²) in [6, 6.07) is 9.40. The molecule has 0 saturated carbocycles. The Morgan fingerprint density at radius 2 is 1.86 bits per heavy atom. The summed E-state index contributed by atoms with van der Waals surface area (Å²) in [5.41, 5.74) is 2.38. The normalized spacial score (nSPS) is 11.2. The molecular formula is C16H17ClN2O2. The molecule has 0 aliphatic rings. The largest absolute Gasteiger partial charge is 0.476 e. The fourth-order valence-electron chi connectivity index (χ4n) is 1.91. The lowest BCUT2D eigenvalue weighted by atomic mass is 9.87. The van der Waals surface area contributed by atoms with Crippen LogP contribution in [0.15, 0.2) is 36.5 Å². The van der Waals surface area contributed by atoms with E-state index >= 15 is 0 Å². The Morgan fingerprint density at radius 1 is 1.24 bits per heavy atom. The highest BCUT2D eigenvalue weighted by molar-refractivity contribution is 6.30. The Hall–Kier alpha value is -2.07. The molecule has 2 N–H and O–H groups in total. The second-order valence-corrected chi connectivity index (χ2v) is 6.24. The first-order valence-corrected chi connectivity index (χ1v) is 6.91. The predicted octanol–water partition coefficient (Wildman–Crippen LogP) is 4.47. The minimum absolute atomic E-state index is 0.0562. The molecule has 0 amide bonds. The number of carbonyl (C=O) groups is 1. The summed E-state index contributed by atoms with van der Waals surface area (Å²) in [5, 5.41) is 12.6. The zero-order chi connectivity index (χ0) is 15.6. The minimum Gasteiger partial charge on any atom is -0.476 e. The maximum Gasteiger partial charge on any atom is 0.356 e. The number of hydrogen-bond acceptors (Lipinski definition) is 3. The van der Waals surface area contributed by atoms with Gasteiger partial charge in [0, 0.05) is 11.9 Å². The summed E-state index contributed by atoms with van der Waals surface area (Å²) in [7, 11) is 0. The van der Waals surface area contributed by atoms with E-state index in [-0.39, 0.29) is 11.1 Å². The van der Waals surface area contributed by atoms with Gasteiger partial charge in [-0.3, -0.25) is 0 Å². The summed E-state index contributed by atoms with van der Waals surface area (Å²) in [6.07, 6.45) is 1.32. The molecule has 1 aromatic heterocycles. The van der Waals surface area contributed by atoms with Crippen LogP contribution in [0, 0.1) is 0 Å². The molecule has 0 radical (unpaired) electrons. The molecule has 2 rings (SSSR count). The standard InChI is InChI=1S/C16H17ClN2O2/c1-16(2,3)10-4-6-12(7-5-10)19-13-8-11(17)9-18-14(13)15(20)21/h4-9,19H,1-3H3,(H,20,21). The molecular weight excluding hydrogens is 288 g/mol. The van der Waals surface area contributed by atoms with Crippen molar-refractivity contribution >= 4 is 28.9 Å². The predicted molar refractivity (Wildman–Crippen MR) is 84.6 cm³/mol. The van der Waals surface area contributed by atoms with E-state index in [9.17, 15) is 4.79 Å². The van der Waals surface area contributed by atoms with Gasteiger partial charge in [-0.25, -0.2) is 9.78 Å². The summed E-state index contributed by atoms with van der Waals surface area (Å²) in [6.45, 7) is 6.41. The maximum absolute atomic E-state index is 11.2. The van der Waals surface area contributed by atoms with Crippen LogP contribution in [0.25, 0.3) is 0 Å². The van der Waals surface area contributed by atoms with Crippen LogP contribution in [-0.2, 0) is 5.41 Å². The molecule has 1 heterocycles. The second-order valence-electron chi connectivity index (χ2n) is 5.81. The van der Waals surface area contributed by atoms with Gasteiger partial charge in [0.1, 0.15) is 0 Å². The Bertz CT molecular complexity index is 661. The van der Waals surface area contributed by atoms with Crippen LogP contribution in [0.3, 0.4) is 0 Å².